The molecule has 2 aromatic carbocycles. The van der Waals surface area contributed by atoms with E-state index in [1.807, 2.05) is 24.3 Å². The van der Waals surface area contributed by atoms with Crippen molar-refractivity contribution in [1.82, 2.24) is 20.1 Å². The fraction of sp³-hybridized carbons (Fsp3) is 0.343. The molecule has 0 radical (unpaired) electrons. The highest BCUT2D eigenvalue weighted by Gasteiger charge is 2.28. The molecule has 0 aliphatic carbocycles. The Balaban J connectivity index is 1.69. The molecule has 2 aromatic heterocycles. The second-order valence-corrected chi connectivity index (χ2v) is 11.7. The molecule has 0 aliphatic rings. The van der Waals surface area contributed by atoms with Gasteiger partial charge in [-0.15, -0.1) is 0 Å². The predicted molar refractivity (Wildman–Crippen MR) is 171 cm³/mol. The first-order valence-electron chi connectivity index (χ1n) is 14.9. The summed E-state index contributed by atoms with van der Waals surface area (Å²) in [5.41, 5.74) is 4.24. The molecule has 0 saturated heterocycles. The average Bonchev–Trinajstić information content (AvgIpc) is 3.39. The molecule has 1 N–H and O–H groups in total. The van der Waals surface area contributed by atoms with Crippen molar-refractivity contribution in [2.75, 3.05) is 13.2 Å². The first-order valence-corrected chi connectivity index (χ1v) is 14.9. The number of nitrogens with zero attached hydrogens (tertiary/aromatic N) is 4. The largest absolute Gasteiger partial charge is 0.489 e. The standard InChI is InChI=1S/C35H39N5O5/c1-7-43-33(41)32-30(26-12-14-28(15-13-26)44-22-24-8-10-25(11-9-24)23(2)3)31(29-16-17-37-21-27(29)20-36)39-40(32)19-18-38-34(42)45-35(4,5)6/h8-17,21,23H,7,18-19,22H2,1-6H3,(H,38,42). The number of benzene rings is 2. The Morgan fingerprint density at radius 3 is 2.38 bits per heavy atom. The van der Waals surface area contributed by atoms with E-state index in [9.17, 15) is 14.9 Å². The number of esters is 1. The lowest BCUT2D eigenvalue weighted by atomic mass is 9.97. The van der Waals surface area contributed by atoms with Gasteiger partial charge in [-0.3, -0.25) is 9.67 Å². The molecule has 2 heterocycles. The van der Waals surface area contributed by atoms with Crippen LogP contribution in [0.1, 0.15) is 74.6 Å². The van der Waals surface area contributed by atoms with E-state index in [1.165, 1.54) is 16.4 Å². The molecular weight excluding hydrogens is 570 g/mol. The number of hydrogen-bond acceptors (Lipinski definition) is 8. The summed E-state index contributed by atoms with van der Waals surface area (Å²) in [5.74, 6) is 0.529. The summed E-state index contributed by atoms with van der Waals surface area (Å²) in [6.45, 7) is 12.2. The maximum absolute atomic E-state index is 13.4. The van der Waals surface area contributed by atoms with Crippen LogP contribution in [0.25, 0.3) is 22.4 Å². The summed E-state index contributed by atoms with van der Waals surface area (Å²) in [4.78, 5) is 29.8. The molecule has 0 aliphatic heterocycles. The number of pyridine rings is 1. The van der Waals surface area contributed by atoms with Gasteiger partial charge >= 0.3 is 12.1 Å². The fourth-order valence-electron chi connectivity index (χ4n) is 4.64. The van der Waals surface area contributed by atoms with Crippen molar-refractivity contribution in [2.24, 2.45) is 0 Å². The number of aromatic nitrogens is 3. The molecule has 234 valence electrons. The minimum atomic E-state index is -0.657. The molecule has 0 fully saturated rings. The van der Waals surface area contributed by atoms with Gasteiger partial charge in [-0.25, -0.2) is 9.59 Å². The zero-order chi connectivity index (χ0) is 32.6. The van der Waals surface area contributed by atoms with Gasteiger partial charge < -0.3 is 19.5 Å². The Hall–Kier alpha value is -5.17. The monoisotopic (exact) mass is 609 g/mol. The topological polar surface area (TPSA) is 128 Å². The van der Waals surface area contributed by atoms with Gasteiger partial charge in [-0.05, 0) is 68.5 Å². The zero-order valence-corrected chi connectivity index (χ0v) is 26.6. The number of alkyl carbamates (subject to hydrolysis) is 1. The van der Waals surface area contributed by atoms with Crippen LogP contribution in [0.5, 0.6) is 5.75 Å². The van der Waals surface area contributed by atoms with Crippen molar-refractivity contribution >= 4 is 12.1 Å². The lowest BCUT2D eigenvalue weighted by molar-refractivity contribution is 0.0513. The third kappa shape index (κ3) is 8.48. The second-order valence-electron chi connectivity index (χ2n) is 11.7. The third-order valence-corrected chi connectivity index (χ3v) is 6.80. The number of nitriles is 1. The van der Waals surface area contributed by atoms with Gasteiger partial charge in [0.25, 0.3) is 0 Å². The van der Waals surface area contributed by atoms with E-state index in [2.05, 4.69) is 54.5 Å². The molecule has 10 nitrogen and oxygen atoms in total. The average molecular weight is 610 g/mol. The van der Waals surface area contributed by atoms with Crippen LogP contribution in [-0.2, 0) is 22.6 Å². The SMILES string of the molecule is CCOC(=O)c1c(-c2ccc(OCc3ccc(C(C)C)cc3)cc2)c(-c2ccncc2C#N)nn1CCNC(=O)OC(C)(C)C. The Bertz CT molecular complexity index is 1660. The highest BCUT2D eigenvalue weighted by atomic mass is 16.6. The molecule has 1 amide bonds. The number of rotatable bonds is 11. The van der Waals surface area contributed by atoms with Crippen molar-refractivity contribution < 1.29 is 23.8 Å². The molecule has 0 saturated carbocycles. The number of carbonyl (C=O) groups is 2. The van der Waals surface area contributed by atoms with E-state index in [4.69, 9.17) is 19.3 Å². The summed E-state index contributed by atoms with van der Waals surface area (Å²) >= 11 is 0. The van der Waals surface area contributed by atoms with Gasteiger partial charge in [0.05, 0.1) is 18.7 Å². The van der Waals surface area contributed by atoms with Gasteiger partial charge in [-0.2, -0.15) is 10.4 Å². The Morgan fingerprint density at radius 2 is 1.76 bits per heavy atom. The zero-order valence-electron chi connectivity index (χ0n) is 26.6. The number of ether oxygens (including phenoxy) is 3. The molecule has 0 atom stereocenters. The van der Waals surface area contributed by atoms with Crippen molar-refractivity contribution in [3.63, 3.8) is 0 Å². The lowest BCUT2D eigenvalue weighted by Gasteiger charge is -2.19. The van der Waals surface area contributed by atoms with E-state index in [1.54, 1.807) is 40.0 Å². The smallest absolute Gasteiger partial charge is 0.407 e. The third-order valence-electron chi connectivity index (χ3n) is 6.80. The highest BCUT2D eigenvalue weighted by Crippen LogP contribution is 2.37. The Kier molecular flexibility index (Phi) is 10.6. The van der Waals surface area contributed by atoms with Crippen LogP contribution in [0, 0.1) is 11.3 Å². The number of carbonyl (C=O) groups excluding carboxylic acids is 2. The van der Waals surface area contributed by atoms with Gasteiger partial charge in [0.2, 0.25) is 0 Å². The van der Waals surface area contributed by atoms with Crippen LogP contribution < -0.4 is 10.1 Å². The van der Waals surface area contributed by atoms with Gasteiger partial charge in [0, 0.05) is 30.1 Å². The summed E-state index contributed by atoms with van der Waals surface area (Å²) < 4.78 is 18.3. The predicted octanol–water partition coefficient (Wildman–Crippen LogP) is 6.89. The fourth-order valence-corrected chi connectivity index (χ4v) is 4.64. The van der Waals surface area contributed by atoms with Crippen LogP contribution in [0.4, 0.5) is 4.79 Å². The quantitative estimate of drug-likeness (QED) is 0.182. The van der Waals surface area contributed by atoms with Crippen LogP contribution in [0.2, 0.25) is 0 Å². The summed E-state index contributed by atoms with van der Waals surface area (Å²) in [5, 5.41) is 17.3. The molecule has 4 rings (SSSR count). The van der Waals surface area contributed by atoms with Crippen LogP contribution in [0.3, 0.4) is 0 Å². The molecule has 0 unspecified atom stereocenters. The highest BCUT2D eigenvalue weighted by molar-refractivity contribution is 6.00. The summed E-state index contributed by atoms with van der Waals surface area (Å²) in [6, 6.07) is 19.5. The van der Waals surface area contributed by atoms with E-state index < -0.39 is 17.7 Å². The molecule has 10 heteroatoms. The Labute approximate surface area is 264 Å². The normalized spacial score (nSPS) is 11.2. The van der Waals surface area contributed by atoms with Crippen molar-refractivity contribution in [3.05, 3.63) is 89.4 Å². The van der Waals surface area contributed by atoms with E-state index in [0.717, 1.165) is 5.56 Å². The maximum atomic E-state index is 13.4. The first-order chi connectivity index (χ1) is 21.5. The van der Waals surface area contributed by atoms with Crippen LogP contribution >= 0.6 is 0 Å². The van der Waals surface area contributed by atoms with Crippen LogP contribution in [0.15, 0.2) is 67.0 Å². The van der Waals surface area contributed by atoms with E-state index >= 15 is 0 Å². The van der Waals surface area contributed by atoms with Crippen molar-refractivity contribution in [2.45, 2.75) is 66.2 Å². The molecular formula is C35H39N5O5. The van der Waals surface area contributed by atoms with E-state index in [-0.39, 0.29) is 25.4 Å². The minimum Gasteiger partial charge on any atom is -0.489 e. The second kappa shape index (κ2) is 14.5. The number of nitrogens with one attached hydrogen (secondary N) is 1. The first kappa shape index (κ1) is 32.7. The van der Waals surface area contributed by atoms with Gasteiger partial charge in [0.15, 0.2) is 5.69 Å². The molecule has 4 aromatic rings. The van der Waals surface area contributed by atoms with Gasteiger partial charge in [0.1, 0.15) is 29.7 Å². The lowest BCUT2D eigenvalue weighted by Crippen LogP contribution is -2.34. The summed E-state index contributed by atoms with van der Waals surface area (Å²) in [6.07, 6.45) is 2.44. The van der Waals surface area contributed by atoms with Gasteiger partial charge in [-0.1, -0.05) is 50.2 Å². The number of amides is 1. The van der Waals surface area contributed by atoms with Crippen molar-refractivity contribution in [1.29, 1.82) is 5.26 Å². The van der Waals surface area contributed by atoms with Crippen molar-refractivity contribution in [3.8, 4) is 34.2 Å². The molecule has 0 bridgehead atoms. The maximum Gasteiger partial charge on any atom is 0.407 e. The van der Waals surface area contributed by atoms with Crippen LogP contribution in [-0.4, -0.2) is 45.6 Å². The minimum absolute atomic E-state index is 0.133. The van der Waals surface area contributed by atoms with E-state index in [0.29, 0.717) is 46.2 Å². The molecule has 45 heavy (non-hydrogen) atoms. The molecule has 0 spiro atoms. The Morgan fingerprint density at radius 1 is 1.04 bits per heavy atom. The number of hydrogen-bond donors (Lipinski definition) is 1. The summed E-state index contributed by atoms with van der Waals surface area (Å²) in [7, 11) is 0.